The van der Waals surface area contributed by atoms with Gasteiger partial charge in [-0.3, -0.25) is 4.79 Å². The summed E-state index contributed by atoms with van der Waals surface area (Å²) in [5, 5.41) is 3.00. The Labute approximate surface area is 122 Å². The molecule has 0 bridgehead atoms. The lowest BCUT2D eigenvalue weighted by Crippen LogP contribution is -2.09. The van der Waals surface area contributed by atoms with E-state index >= 15 is 0 Å². The first kappa shape index (κ1) is 13.9. The normalized spacial score (nSPS) is 11.9. The average Bonchev–Trinajstić information content (AvgIpc) is 2.40. The smallest absolute Gasteiger partial charge is 0.221 e. The molecule has 0 aliphatic rings. The maximum absolute atomic E-state index is 11.2. The highest BCUT2D eigenvalue weighted by Gasteiger charge is 2.16. The van der Waals surface area contributed by atoms with E-state index in [0.717, 1.165) is 11.1 Å². The van der Waals surface area contributed by atoms with E-state index in [1.807, 2.05) is 30.3 Å². The van der Waals surface area contributed by atoms with Crippen molar-refractivity contribution in [2.24, 2.45) is 0 Å². The van der Waals surface area contributed by atoms with Crippen LogP contribution in [0.5, 0.6) is 0 Å². The van der Waals surface area contributed by atoms with Crippen molar-refractivity contribution in [1.29, 1.82) is 0 Å². The molecule has 19 heavy (non-hydrogen) atoms. The third-order valence-electron chi connectivity index (χ3n) is 2.69. The van der Waals surface area contributed by atoms with Gasteiger partial charge in [-0.25, -0.2) is 0 Å². The van der Waals surface area contributed by atoms with Crippen molar-refractivity contribution in [1.82, 2.24) is 0 Å². The first-order chi connectivity index (χ1) is 9.08. The zero-order chi connectivity index (χ0) is 13.8. The molecule has 0 saturated carbocycles. The Morgan fingerprint density at radius 3 is 2.47 bits per heavy atom. The van der Waals surface area contributed by atoms with E-state index in [1.54, 1.807) is 18.2 Å². The second kappa shape index (κ2) is 6.09. The van der Waals surface area contributed by atoms with Crippen LogP contribution in [-0.4, -0.2) is 5.91 Å². The van der Waals surface area contributed by atoms with E-state index in [1.165, 1.54) is 6.92 Å². The van der Waals surface area contributed by atoms with Crippen molar-refractivity contribution in [3.8, 4) is 0 Å². The molecular weight excluding hydrogens is 281 g/mol. The number of carbonyl (C=O) groups is 1. The summed E-state index contributed by atoms with van der Waals surface area (Å²) >= 11 is 12.5. The number of benzene rings is 2. The fraction of sp³-hybridized carbons (Fsp3) is 0.133. The van der Waals surface area contributed by atoms with E-state index in [4.69, 9.17) is 23.2 Å². The van der Waals surface area contributed by atoms with Crippen LogP contribution in [0.25, 0.3) is 0 Å². The first-order valence-electron chi connectivity index (χ1n) is 5.84. The number of carbonyl (C=O) groups excluding carboxylic acids is 1. The Morgan fingerprint density at radius 2 is 1.84 bits per heavy atom. The third kappa shape index (κ3) is 3.49. The predicted molar refractivity (Wildman–Crippen MR) is 79.9 cm³/mol. The van der Waals surface area contributed by atoms with Crippen LogP contribution < -0.4 is 5.32 Å². The molecule has 0 aliphatic heterocycles. The van der Waals surface area contributed by atoms with Crippen LogP contribution >= 0.6 is 23.2 Å². The molecule has 2 aromatic rings. The minimum atomic E-state index is -0.359. The molecule has 4 heteroatoms. The molecule has 2 aromatic carbocycles. The lowest BCUT2D eigenvalue weighted by molar-refractivity contribution is -0.114. The quantitative estimate of drug-likeness (QED) is 0.822. The van der Waals surface area contributed by atoms with Gasteiger partial charge >= 0.3 is 0 Å². The van der Waals surface area contributed by atoms with Crippen molar-refractivity contribution in [2.75, 3.05) is 5.32 Å². The van der Waals surface area contributed by atoms with Gasteiger partial charge in [-0.05, 0) is 29.3 Å². The van der Waals surface area contributed by atoms with Crippen LogP contribution in [0, 0.1) is 0 Å². The van der Waals surface area contributed by atoms with Gasteiger partial charge in [0.2, 0.25) is 5.91 Å². The van der Waals surface area contributed by atoms with Crippen molar-refractivity contribution >= 4 is 34.8 Å². The number of anilines is 1. The first-order valence-corrected chi connectivity index (χ1v) is 6.65. The Balaban J connectivity index is 2.42. The van der Waals surface area contributed by atoms with Gasteiger partial charge in [0, 0.05) is 17.6 Å². The highest BCUT2D eigenvalue weighted by molar-refractivity contribution is 6.31. The number of hydrogen-bond donors (Lipinski definition) is 1. The second-order valence-electron chi connectivity index (χ2n) is 4.19. The summed E-state index contributed by atoms with van der Waals surface area (Å²) in [5.41, 5.74) is 2.43. The third-order valence-corrected chi connectivity index (χ3v) is 3.41. The monoisotopic (exact) mass is 293 g/mol. The van der Waals surface area contributed by atoms with Gasteiger partial charge in [-0.1, -0.05) is 41.9 Å². The van der Waals surface area contributed by atoms with Crippen LogP contribution in [-0.2, 0) is 4.79 Å². The zero-order valence-corrected chi connectivity index (χ0v) is 11.9. The number of alkyl halides is 1. The van der Waals surface area contributed by atoms with Crippen LogP contribution in [0.4, 0.5) is 5.69 Å². The van der Waals surface area contributed by atoms with Crippen molar-refractivity contribution in [2.45, 2.75) is 12.3 Å². The summed E-state index contributed by atoms with van der Waals surface area (Å²) < 4.78 is 0. The number of hydrogen-bond acceptors (Lipinski definition) is 1. The lowest BCUT2D eigenvalue weighted by Gasteiger charge is -2.16. The predicted octanol–water partition coefficient (Wildman–Crippen LogP) is 4.63. The maximum Gasteiger partial charge on any atom is 0.221 e. The molecule has 1 N–H and O–H groups in total. The molecular formula is C15H13Cl2NO. The minimum absolute atomic E-state index is 0.138. The van der Waals surface area contributed by atoms with Gasteiger partial charge in [0.1, 0.15) is 0 Å². The number of nitrogens with one attached hydrogen (secondary N) is 1. The zero-order valence-electron chi connectivity index (χ0n) is 10.4. The molecule has 1 unspecified atom stereocenters. The molecule has 0 radical (unpaired) electrons. The standard InChI is InChI=1S/C15H13Cl2NO/c1-10(19)18-14-8-7-12(16)9-13(14)15(17)11-5-3-2-4-6-11/h2-9,15H,1H3,(H,18,19). The van der Waals surface area contributed by atoms with Crippen molar-refractivity contribution in [3.63, 3.8) is 0 Å². The van der Waals surface area contributed by atoms with E-state index in [0.29, 0.717) is 10.7 Å². The Hall–Kier alpha value is -1.51. The fourth-order valence-corrected chi connectivity index (χ4v) is 2.35. The summed E-state index contributed by atoms with van der Waals surface area (Å²) in [6, 6.07) is 14.9. The van der Waals surface area contributed by atoms with E-state index in [9.17, 15) is 4.79 Å². The van der Waals surface area contributed by atoms with Crippen LogP contribution in [0.15, 0.2) is 48.5 Å². The Morgan fingerprint density at radius 1 is 1.16 bits per heavy atom. The molecule has 0 fully saturated rings. The summed E-state index contributed by atoms with van der Waals surface area (Å²) in [4.78, 5) is 11.2. The molecule has 0 spiro atoms. The summed E-state index contributed by atoms with van der Waals surface area (Å²) in [6.45, 7) is 1.46. The van der Waals surface area contributed by atoms with E-state index in [2.05, 4.69) is 5.32 Å². The maximum atomic E-state index is 11.2. The Kier molecular flexibility index (Phi) is 4.46. The molecule has 1 amide bonds. The fourth-order valence-electron chi connectivity index (χ4n) is 1.85. The number of amides is 1. The van der Waals surface area contributed by atoms with Crippen LogP contribution in [0.3, 0.4) is 0 Å². The van der Waals surface area contributed by atoms with Gasteiger partial charge in [-0.2, -0.15) is 0 Å². The van der Waals surface area contributed by atoms with Gasteiger partial charge in [-0.15, -0.1) is 11.6 Å². The van der Waals surface area contributed by atoms with E-state index < -0.39 is 0 Å². The van der Waals surface area contributed by atoms with Crippen LogP contribution in [0.2, 0.25) is 5.02 Å². The molecule has 98 valence electrons. The highest BCUT2D eigenvalue weighted by Crippen LogP contribution is 2.35. The molecule has 2 rings (SSSR count). The molecule has 2 nitrogen and oxygen atoms in total. The number of rotatable bonds is 3. The molecule has 0 saturated heterocycles. The van der Waals surface area contributed by atoms with Crippen LogP contribution in [0.1, 0.15) is 23.4 Å². The minimum Gasteiger partial charge on any atom is -0.326 e. The van der Waals surface area contributed by atoms with Gasteiger partial charge < -0.3 is 5.32 Å². The molecule has 1 atom stereocenters. The SMILES string of the molecule is CC(=O)Nc1ccc(Cl)cc1C(Cl)c1ccccc1. The number of halogens is 2. The second-order valence-corrected chi connectivity index (χ2v) is 5.06. The average molecular weight is 294 g/mol. The van der Waals surface area contributed by atoms with E-state index in [-0.39, 0.29) is 11.3 Å². The topological polar surface area (TPSA) is 29.1 Å². The summed E-state index contributed by atoms with van der Waals surface area (Å²) in [7, 11) is 0. The summed E-state index contributed by atoms with van der Waals surface area (Å²) in [5.74, 6) is -0.138. The van der Waals surface area contributed by atoms with Gasteiger partial charge in [0.25, 0.3) is 0 Å². The molecule has 0 aromatic heterocycles. The van der Waals surface area contributed by atoms with Gasteiger partial charge in [0.15, 0.2) is 0 Å². The van der Waals surface area contributed by atoms with Crippen molar-refractivity contribution in [3.05, 3.63) is 64.7 Å². The lowest BCUT2D eigenvalue weighted by atomic mass is 10.0. The summed E-state index contributed by atoms with van der Waals surface area (Å²) in [6.07, 6.45) is 0. The van der Waals surface area contributed by atoms with Gasteiger partial charge in [0.05, 0.1) is 5.38 Å². The Bertz CT molecular complexity index is 584. The largest absolute Gasteiger partial charge is 0.326 e. The molecule has 0 heterocycles. The molecule has 0 aliphatic carbocycles. The van der Waals surface area contributed by atoms with Crippen molar-refractivity contribution < 1.29 is 4.79 Å². The highest BCUT2D eigenvalue weighted by atomic mass is 35.5.